The van der Waals surface area contributed by atoms with Crippen LogP contribution in [0.5, 0.6) is 0 Å². The lowest BCUT2D eigenvalue weighted by molar-refractivity contribution is 0.606. The van der Waals surface area contributed by atoms with E-state index in [2.05, 4.69) is 289 Å². The van der Waals surface area contributed by atoms with Crippen LogP contribution in [0.3, 0.4) is 0 Å². The summed E-state index contributed by atoms with van der Waals surface area (Å²) in [6.45, 7) is 4.99. The van der Waals surface area contributed by atoms with Gasteiger partial charge in [0.05, 0.1) is 22.6 Å². The first-order chi connectivity index (χ1) is 41.4. The summed E-state index contributed by atoms with van der Waals surface area (Å²) in [5.41, 5.74) is 21.4. The molecule has 10 aromatic rings. The molecule has 84 heavy (non-hydrogen) atoms. The number of allylic oxidation sites excluding steroid dienone is 11. The van der Waals surface area contributed by atoms with Gasteiger partial charge >= 0.3 is 0 Å². The molecule has 3 heteroatoms. The van der Waals surface area contributed by atoms with Gasteiger partial charge in [0.25, 0.3) is 0 Å². The topological polar surface area (TPSA) is 11.4 Å². The Hall–Kier alpha value is -9.44. The third kappa shape index (κ3) is 7.78. The van der Waals surface area contributed by atoms with Gasteiger partial charge in [0, 0.05) is 62.2 Å². The highest BCUT2D eigenvalue weighted by Gasteiger charge is 2.41. The van der Waals surface area contributed by atoms with Crippen molar-refractivity contribution >= 4 is 83.7 Å². The van der Waals surface area contributed by atoms with E-state index in [1.54, 1.807) is 5.57 Å². The maximum atomic E-state index is 2.71. The molecule has 3 nitrogen and oxygen atoms in total. The molecule has 2 heterocycles. The standard InChI is InChI=1S/C81H65N3/c1-81(2)74-29-15-16-30-79(74)84-78-42-35-60(66-40-43-76(70-27-13-11-25-68(66)70)82(62-36-31-52-17-3-7-21-56(52)45-62)63-37-32-53-18-4-8-22-57(53)46-63)49-72(78)73-50-61(51-75(81)80(73)84)67-41-44-77(71-28-14-12-26-69(67)71)83(64-38-33-54-19-5-9-23-58(54)47-64)65-39-34-55-20-6-10-24-59(55)48-65/h3-7,9-11,13-21,23-25,27-43,45-50,61,66,68,77H,8,12,22,26,44,51H2,1-2H3. The van der Waals surface area contributed by atoms with Crippen LogP contribution in [0.25, 0.3) is 66.6 Å². The van der Waals surface area contributed by atoms with E-state index < -0.39 is 0 Å². The van der Waals surface area contributed by atoms with Crippen LogP contribution < -0.4 is 20.4 Å². The van der Waals surface area contributed by atoms with Crippen molar-refractivity contribution in [2.45, 2.75) is 69.7 Å². The van der Waals surface area contributed by atoms with Gasteiger partial charge in [-0.25, -0.2) is 0 Å². The van der Waals surface area contributed by atoms with Crippen molar-refractivity contribution in [1.82, 2.24) is 4.57 Å². The lowest BCUT2D eigenvalue weighted by Gasteiger charge is -2.42. The fourth-order valence-corrected chi connectivity index (χ4v) is 15.9. The van der Waals surface area contributed by atoms with E-state index in [4.69, 9.17) is 0 Å². The molecular weight excluding hydrogens is 1010 g/mol. The molecule has 0 saturated heterocycles. The predicted molar refractivity (Wildman–Crippen MR) is 354 cm³/mol. The number of aryl methyl sites for hydroxylation is 1. The maximum absolute atomic E-state index is 2.71. The van der Waals surface area contributed by atoms with Gasteiger partial charge < -0.3 is 14.4 Å². The lowest BCUT2D eigenvalue weighted by atomic mass is 9.67. The summed E-state index contributed by atoms with van der Waals surface area (Å²) in [5, 5.41) is 11.7. The Morgan fingerprint density at radius 2 is 1.19 bits per heavy atom. The highest BCUT2D eigenvalue weighted by atomic mass is 15.2. The zero-order valence-corrected chi connectivity index (χ0v) is 47.7. The number of rotatable bonds is 8. The summed E-state index contributed by atoms with van der Waals surface area (Å²) < 4.78 is 2.64. The molecule has 17 rings (SSSR count). The molecule has 6 aliphatic carbocycles. The van der Waals surface area contributed by atoms with Gasteiger partial charge in [0.15, 0.2) is 0 Å². The number of hydrogen-bond donors (Lipinski definition) is 0. The molecule has 0 radical (unpaired) electrons. The third-order valence-corrected chi connectivity index (χ3v) is 20.0. The van der Waals surface area contributed by atoms with E-state index >= 15 is 0 Å². The summed E-state index contributed by atoms with van der Waals surface area (Å²) in [6.07, 6.45) is 35.4. The largest absolute Gasteiger partial charge is 0.334 e. The Bertz CT molecular complexity index is 4780. The Morgan fingerprint density at radius 3 is 1.95 bits per heavy atom. The second-order valence-corrected chi connectivity index (χ2v) is 24.9. The van der Waals surface area contributed by atoms with Gasteiger partial charge in [-0.1, -0.05) is 202 Å². The number of hydrogen-bond acceptors (Lipinski definition) is 2. The van der Waals surface area contributed by atoms with Crippen LogP contribution in [-0.2, 0) is 11.8 Å². The number of nitrogens with zero attached hydrogens (tertiary/aromatic N) is 3. The average Bonchev–Trinajstić information content (AvgIpc) is 2.08. The molecule has 4 unspecified atom stereocenters. The van der Waals surface area contributed by atoms with Crippen LogP contribution in [0.4, 0.5) is 22.7 Å². The average molecular weight is 1080 g/mol. The van der Waals surface area contributed by atoms with Crippen molar-refractivity contribution in [3.8, 4) is 5.69 Å². The van der Waals surface area contributed by atoms with Gasteiger partial charge in [0.1, 0.15) is 0 Å². The summed E-state index contributed by atoms with van der Waals surface area (Å²) in [6, 6.07) is 71.4. The Balaban J connectivity index is 0.797. The Morgan fingerprint density at radius 1 is 0.536 bits per heavy atom. The summed E-state index contributed by atoms with van der Waals surface area (Å²) >= 11 is 0. The zero-order chi connectivity index (χ0) is 55.6. The summed E-state index contributed by atoms with van der Waals surface area (Å²) in [5.74, 6) is 0.521. The monoisotopic (exact) mass is 1080 g/mol. The molecule has 0 amide bonds. The van der Waals surface area contributed by atoms with E-state index in [9.17, 15) is 0 Å². The van der Waals surface area contributed by atoms with Crippen LogP contribution in [0.15, 0.2) is 277 Å². The van der Waals surface area contributed by atoms with E-state index in [0.717, 1.165) is 38.5 Å². The molecule has 404 valence electrons. The Kier molecular flexibility index (Phi) is 11.3. The SMILES string of the molecule is CC1(C)C2=c3c(c4cc(C5C=CC(N(c6ccc7c(c6)CCC=C7)c6ccc7ccccc7c6)=C6C=CC=CC65)ccc4n3-c3ccccc31)=CC(C1=CCC(N(c3ccc4ccccc4c3)c3ccc4ccccc4c3)C3=C1CCC=C3)C2. The first-order valence-electron chi connectivity index (χ1n) is 30.6. The number of aromatic nitrogens is 1. The van der Waals surface area contributed by atoms with Crippen molar-refractivity contribution < 1.29 is 0 Å². The van der Waals surface area contributed by atoms with Crippen LogP contribution in [-0.4, -0.2) is 10.6 Å². The molecule has 9 aromatic carbocycles. The molecule has 1 aliphatic heterocycles. The van der Waals surface area contributed by atoms with Crippen molar-refractivity contribution in [3.63, 3.8) is 0 Å². The molecule has 0 spiro atoms. The minimum Gasteiger partial charge on any atom is -0.334 e. The second-order valence-electron chi connectivity index (χ2n) is 24.9. The molecule has 7 aliphatic rings. The van der Waals surface area contributed by atoms with Crippen molar-refractivity contribution in [2.75, 3.05) is 9.80 Å². The third-order valence-electron chi connectivity index (χ3n) is 20.0. The van der Waals surface area contributed by atoms with Crippen molar-refractivity contribution in [2.24, 2.45) is 11.8 Å². The van der Waals surface area contributed by atoms with Crippen LogP contribution in [0.1, 0.15) is 74.1 Å². The molecule has 0 N–H and O–H groups in total. The lowest BCUT2D eigenvalue weighted by Crippen LogP contribution is -2.45. The predicted octanol–water partition coefficient (Wildman–Crippen LogP) is 19.0. The molecule has 0 bridgehead atoms. The number of para-hydroxylation sites is 1. The van der Waals surface area contributed by atoms with Crippen molar-refractivity contribution in [1.29, 1.82) is 0 Å². The quantitative estimate of drug-likeness (QED) is 0.150. The van der Waals surface area contributed by atoms with Crippen LogP contribution in [0, 0.1) is 11.8 Å². The Labute approximate surface area is 492 Å². The number of benzene rings is 9. The smallest absolute Gasteiger partial charge is 0.0628 e. The fraction of sp³-hybridized carbons (Fsp3) is 0.160. The van der Waals surface area contributed by atoms with Gasteiger partial charge in [-0.3, -0.25) is 0 Å². The molecular formula is C81H65N3. The minimum atomic E-state index is -0.164. The van der Waals surface area contributed by atoms with Crippen LogP contribution in [0.2, 0.25) is 0 Å². The number of anilines is 4. The summed E-state index contributed by atoms with van der Waals surface area (Å²) in [7, 11) is 0. The van der Waals surface area contributed by atoms with Crippen LogP contribution >= 0.6 is 0 Å². The van der Waals surface area contributed by atoms with E-state index in [0.29, 0.717) is 0 Å². The first kappa shape index (κ1) is 49.2. The zero-order valence-electron chi connectivity index (χ0n) is 47.7. The molecule has 1 aromatic heterocycles. The van der Waals surface area contributed by atoms with Crippen molar-refractivity contribution in [3.05, 3.63) is 310 Å². The van der Waals surface area contributed by atoms with E-state index in [-0.39, 0.29) is 29.2 Å². The molecule has 4 atom stereocenters. The minimum absolute atomic E-state index is 0.138. The normalized spacial score (nSPS) is 20.6. The van der Waals surface area contributed by atoms with Gasteiger partial charge in [-0.15, -0.1) is 0 Å². The maximum Gasteiger partial charge on any atom is 0.0628 e. The first-order valence-corrected chi connectivity index (χ1v) is 30.6. The number of fused-ring (bicyclic) bond motifs is 10. The highest BCUT2D eigenvalue weighted by molar-refractivity contribution is 5.93. The highest BCUT2D eigenvalue weighted by Crippen LogP contribution is 2.50. The summed E-state index contributed by atoms with van der Waals surface area (Å²) in [4.78, 5) is 5.18. The van der Waals surface area contributed by atoms with E-state index in [1.807, 2.05) is 0 Å². The fourth-order valence-electron chi connectivity index (χ4n) is 15.9. The van der Waals surface area contributed by atoms with Gasteiger partial charge in [0.2, 0.25) is 0 Å². The van der Waals surface area contributed by atoms with Gasteiger partial charge in [-0.05, 0) is 194 Å². The molecule has 0 fully saturated rings. The van der Waals surface area contributed by atoms with E-state index in [1.165, 1.54) is 132 Å². The van der Waals surface area contributed by atoms with Gasteiger partial charge in [-0.2, -0.15) is 0 Å². The molecule has 0 saturated carbocycles. The second kappa shape index (κ2) is 19.3.